The van der Waals surface area contributed by atoms with Gasteiger partial charge in [0, 0.05) is 12.6 Å². The second-order valence-corrected chi connectivity index (χ2v) is 4.35. The first-order chi connectivity index (χ1) is 7.13. The van der Waals surface area contributed by atoms with Crippen molar-refractivity contribution in [3.8, 4) is 0 Å². The molecule has 1 saturated heterocycles. The molecule has 1 aliphatic heterocycles. The number of nitrogens with zero attached hydrogens (tertiary/aromatic N) is 1. The summed E-state index contributed by atoms with van der Waals surface area (Å²) in [5.74, 6) is 0.446. The molecule has 0 bridgehead atoms. The minimum absolute atomic E-state index is 0.162. The lowest BCUT2D eigenvalue weighted by atomic mass is 10.1. The standard InChI is InChI=1S/C12H21NO2/c1-10(2)13-8-7-11(9-13)5-4-6-12(14)15-3/h4-5,10-11H,6-9H2,1-3H3/b5-4-. The van der Waals surface area contributed by atoms with Gasteiger partial charge in [-0.1, -0.05) is 12.2 Å². The van der Waals surface area contributed by atoms with Crippen LogP contribution >= 0.6 is 0 Å². The Balaban J connectivity index is 2.26. The van der Waals surface area contributed by atoms with E-state index in [9.17, 15) is 4.79 Å². The number of carbonyl (C=O) groups excluding carboxylic acids is 1. The van der Waals surface area contributed by atoms with Gasteiger partial charge in [-0.3, -0.25) is 4.79 Å². The van der Waals surface area contributed by atoms with Crippen LogP contribution in [0, 0.1) is 5.92 Å². The maximum absolute atomic E-state index is 10.9. The first-order valence-electron chi connectivity index (χ1n) is 5.61. The van der Waals surface area contributed by atoms with E-state index < -0.39 is 0 Å². The Labute approximate surface area is 92.1 Å². The molecule has 86 valence electrons. The third kappa shape index (κ3) is 4.04. The lowest BCUT2D eigenvalue weighted by Crippen LogP contribution is -2.27. The third-order valence-electron chi connectivity index (χ3n) is 2.91. The first kappa shape index (κ1) is 12.2. The average Bonchev–Trinajstić information content (AvgIpc) is 2.66. The lowest BCUT2D eigenvalue weighted by Gasteiger charge is -2.19. The molecular formula is C12H21NO2. The maximum atomic E-state index is 10.9. The summed E-state index contributed by atoms with van der Waals surface area (Å²) >= 11 is 0. The van der Waals surface area contributed by atoms with Crippen LogP contribution in [0.3, 0.4) is 0 Å². The summed E-state index contributed by atoms with van der Waals surface area (Å²) in [7, 11) is 1.42. The van der Waals surface area contributed by atoms with E-state index in [0.29, 0.717) is 18.4 Å². The van der Waals surface area contributed by atoms with Crippen LogP contribution in [0.2, 0.25) is 0 Å². The maximum Gasteiger partial charge on any atom is 0.309 e. The van der Waals surface area contributed by atoms with Crippen LogP contribution in [0.5, 0.6) is 0 Å². The second-order valence-electron chi connectivity index (χ2n) is 4.35. The Morgan fingerprint density at radius 2 is 2.33 bits per heavy atom. The number of rotatable bonds is 4. The van der Waals surface area contributed by atoms with E-state index in [1.165, 1.54) is 20.1 Å². The molecule has 1 rings (SSSR count). The van der Waals surface area contributed by atoms with Gasteiger partial charge in [0.25, 0.3) is 0 Å². The third-order valence-corrected chi connectivity index (χ3v) is 2.91. The topological polar surface area (TPSA) is 29.5 Å². The van der Waals surface area contributed by atoms with Gasteiger partial charge in [-0.05, 0) is 32.7 Å². The van der Waals surface area contributed by atoms with Crippen molar-refractivity contribution in [1.29, 1.82) is 0 Å². The van der Waals surface area contributed by atoms with E-state index in [1.807, 2.05) is 6.08 Å². The Hall–Kier alpha value is -0.830. The van der Waals surface area contributed by atoms with Gasteiger partial charge in [-0.25, -0.2) is 0 Å². The summed E-state index contributed by atoms with van der Waals surface area (Å²) in [4.78, 5) is 13.3. The number of likely N-dealkylation sites (tertiary alicyclic amines) is 1. The molecule has 0 aromatic heterocycles. The highest BCUT2D eigenvalue weighted by Crippen LogP contribution is 2.19. The van der Waals surface area contributed by atoms with Gasteiger partial charge in [0.05, 0.1) is 13.5 Å². The molecule has 0 aliphatic carbocycles. The SMILES string of the molecule is COC(=O)C/C=C\C1CCN(C(C)C)C1. The smallest absolute Gasteiger partial charge is 0.309 e. The molecule has 1 unspecified atom stereocenters. The van der Waals surface area contributed by atoms with Crippen molar-refractivity contribution in [1.82, 2.24) is 4.90 Å². The van der Waals surface area contributed by atoms with E-state index >= 15 is 0 Å². The fourth-order valence-electron chi connectivity index (χ4n) is 1.88. The molecule has 1 heterocycles. The molecule has 0 N–H and O–H groups in total. The van der Waals surface area contributed by atoms with Gasteiger partial charge in [-0.2, -0.15) is 0 Å². The molecule has 0 aromatic carbocycles. The van der Waals surface area contributed by atoms with Crippen LogP contribution in [-0.2, 0) is 9.53 Å². The van der Waals surface area contributed by atoms with Crippen molar-refractivity contribution in [3.05, 3.63) is 12.2 Å². The van der Waals surface area contributed by atoms with Crippen molar-refractivity contribution in [2.75, 3.05) is 20.2 Å². The van der Waals surface area contributed by atoms with Crippen LogP contribution in [0.15, 0.2) is 12.2 Å². The summed E-state index contributed by atoms with van der Waals surface area (Å²) in [5, 5.41) is 0. The zero-order chi connectivity index (χ0) is 11.3. The van der Waals surface area contributed by atoms with Gasteiger partial charge >= 0.3 is 5.97 Å². The summed E-state index contributed by atoms with van der Waals surface area (Å²) in [6, 6.07) is 0.629. The molecule has 15 heavy (non-hydrogen) atoms. The molecule has 1 aliphatic rings. The van der Waals surface area contributed by atoms with Crippen molar-refractivity contribution in [2.24, 2.45) is 5.92 Å². The predicted molar refractivity (Wildman–Crippen MR) is 60.6 cm³/mol. The van der Waals surface area contributed by atoms with Crippen LogP contribution < -0.4 is 0 Å². The predicted octanol–water partition coefficient (Wildman–Crippen LogP) is 1.84. The van der Waals surface area contributed by atoms with Gasteiger partial charge in [0.1, 0.15) is 0 Å². The Morgan fingerprint density at radius 3 is 2.87 bits per heavy atom. The van der Waals surface area contributed by atoms with E-state index in [1.54, 1.807) is 0 Å². The Bertz CT molecular complexity index is 236. The minimum atomic E-state index is -0.162. The van der Waals surface area contributed by atoms with E-state index in [0.717, 1.165) is 6.54 Å². The van der Waals surface area contributed by atoms with E-state index in [2.05, 4.69) is 29.6 Å². The molecule has 0 aromatic rings. The monoisotopic (exact) mass is 211 g/mol. The fourth-order valence-corrected chi connectivity index (χ4v) is 1.88. The van der Waals surface area contributed by atoms with Crippen LogP contribution in [0.4, 0.5) is 0 Å². The Morgan fingerprint density at radius 1 is 1.60 bits per heavy atom. The van der Waals surface area contributed by atoms with Crippen molar-refractivity contribution in [3.63, 3.8) is 0 Å². The molecule has 1 atom stereocenters. The largest absolute Gasteiger partial charge is 0.469 e. The van der Waals surface area contributed by atoms with Crippen molar-refractivity contribution in [2.45, 2.75) is 32.7 Å². The van der Waals surface area contributed by atoms with Crippen molar-refractivity contribution >= 4 is 5.97 Å². The summed E-state index contributed by atoms with van der Waals surface area (Å²) < 4.78 is 4.57. The summed E-state index contributed by atoms with van der Waals surface area (Å²) in [5.41, 5.74) is 0. The van der Waals surface area contributed by atoms with Crippen LogP contribution in [0.25, 0.3) is 0 Å². The molecule has 3 heteroatoms. The number of hydrogen-bond donors (Lipinski definition) is 0. The molecule has 0 spiro atoms. The summed E-state index contributed by atoms with van der Waals surface area (Å²) in [6.07, 6.45) is 5.68. The average molecular weight is 211 g/mol. The number of hydrogen-bond acceptors (Lipinski definition) is 3. The minimum Gasteiger partial charge on any atom is -0.469 e. The normalized spacial score (nSPS) is 22.8. The molecule has 3 nitrogen and oxygen atoms in total. The molecule has 0 saturated carbocycles. The van der Waals surface area contributed by atoms with Crippen LogP contribution in [-0.4, -0.2) is 37.1 Å². The van der Waals surface area contributed by atoms with Crippen LogP contribution in [0.1, 0.15) is 26.7 Å². The molecule has 0 amide bonds. The molecule has 1 fully saturated rings. The van der Waals surface area contributed by atoms with Gasteiger partial charge < -0.3 is 9.64 Å². The van der Waals surface area contributed by atoms with Gasteiger partial charge in [0.15, 0.2) is 0 Å². The van der Waals surface area contributed by atoms with Crippen molar-refractivity contribution < 1.29 is 9.53 Å². The highest BCUT2D eigenvalue weighted by molar-refractivity contribution is 5.70. The fraction of sp³-hybridized carbons (Fsp3) is 0.750. The molecular weight excluding hydrogens is 190 g/mol. The highest BCUT2D eigenvalue weighted by atomic mass is 16.5. The number of ether oxygens (including phenoxy) is 1. The number of esters is 1. The van der Waals surface area contributed by atoms with E-state index in [-0.39, 0.29) is 5.97 Å². The summed E-state index contributed by atoms with van der Waals surface area (Å²) in [6.45, 7) is 6.74. The zero-order valence-corrected chi connectivity index (χ0v) is 9.90. The zero-order valence-electron chi connectivity index (χ0n) is 9.90. The van der Waals surface area contributed by atoms with Gasteiger partial charge in [-0.15, -0.1) is 0 Å². The first-order valence-corrected chi connectivity index (χ1v) is 5.61. The lowest BCUT2D eigenvalue weighted by molar-refractivity contribution is -0.139. The second kappa shape index (κ2) is 5.91. The number of methoxy groups -OCH3 is 1. The quantitative estimate of drug-likeness (QED) is 0.525. The molecule has 0 radical (unpaired) electrons. The Kier molecular flexibility index (Phi) is 4.82. The number of carbonyl (C=O) groups is 1. The highest BCUT2D eigenvalue weighted by Gasteiger charge is 2.21. The van der Waals surface area contributed by atoms with E-state index in [4.69, 9.17) is 0 Å². The van der Waals surface area contributed by atoms with Gasteiger partial charge in [0.2, 0.25) is 0 Å².